The number of aliphatic carboxylic acids is 1. The van der Waals surface area contributed by atoms with Crippen molar-refractivity contribution in [3.63, 3.8) is 0 Å². The van der Waals surface area contributed by atoms with Crippen molar-refractivity contribution in [2.75, 3.05) is 39.3 Å². The van der Waals surface area contributed by atoms with Crippen LogP contribution in [0.2, 0.25) is 0 Å². The zero-order valence-corrected chi connectivity index (χ0v) is 12.7. The van der Waals surface area contributed by atoms with Crippen LogP contribution in [0.3, 0.4) is 0 Å². The molecule has 0 atom stereocenters. The Morgan fingerprint density at radius 2 is 1.48 bits per heavy atom. The largest absolute Gasteiger partial charge is 0.480 e. The van der Waals surface area contributed by atoms with Gasteiger partial charge in [0.2, 0.25) is 5.91 Å². The van der Waals surface area contributed by atoms with E-state index in [-0.39, 0.29) is 11.9 Å². The van der Waals surface area contributed by atoms with Gasteiger partial charge in [0.05, 0.1) is 0 Å². The third-order valence-electron chi connectivity index (χ3n) is 4.44. The number of carbonyl (C=O) groups excluding carboxylic acids is 2. The van der Waals surface area contributed by atoms with Crippen LogP contribution in [0.5, 0.6) is 0 Å². The third kappa shape index (κ3) is 2.82. The Labute approximate surface area is 124 Å². The van der Waals surface area contributed by atoms with E-state index in [1.807, 2.05) is 13.8 Å². The minimum atomic E-state index is -1.18. The number of carboxylic acids is 1. The molecule has 1 aliphatic carbocycles. The molecule has 0 unspecified atom stereocenters. The molecule has 1 saturated heterocycles. The predicted molar refractivity (Wildman–Crippen MR) is 75.8 cm³/mol. The maximum absolute atomic E-state index is 12.3. The fourth-order valence-electron chi connectivity index (χ4n) is 2.74. The smallest absolute Gasteiger partial charge is 0.320 e. The van der Waals surface area contributed by atoms with Gasteiger partial charge in [-0.2, -0.15) is 0 Å². The average molecular weight is 297 g/mol. The first-order chi connectivity index (χ1) is 9.96. The second-order valence-corrected chi connectivity index (χ2v) is 5.62. The molecule has 0 bridgehead atoms. The number of hydrogen-bond donors (Lipinski definition) is 1. The molecule has 1 saturated carbocycles. The number of hydrogen-bond acceptors (Lipinski definition) is 3. The van der Waals surface area contributed by atoms with Gasteiger partial charge in [0.25, 0.3) is 0 Å². The SMILES string of the molecule is CCN(CC)C(=O)N1CCN(C(=O)C2(C(=O)O)CC2)CC1. The van der Waals surface area contributed by atoms with E-state index in [1.54, 1.807) is 14.7 Å². The summed E-state index contributed by atoms with van der Waals surface area (Å²) in [6, 6.07) is -0.00790. The normalized spacial score (nSPS) is 20.1. The molecule has 0 aromatic rings. The van der Waals surface area contributed by atoms with Gasteiger partial charge in [0.1, 0.15) is 5.41 Å². The van der Waals surface area contributed by atoms with E-state index in [4.69, 9.17) is 5.11 Å². The maximum Gasteiger partial charge on any atom is 0.320 e. The Balaban J connectivity index is 1.90. The maximum atomic E-state index is 12.3. The van der Waals surface area contributed by atoms with Crippen molar-refractivity contribution >= 4 is 17.9 Å². The number of piperazine rings is 1. The van der Waals surface area contributed by atoms with Gasteiger partial charge in [-0.05, 0) is 26.7 Å². The summed E-state index contributed by atoms with van der Waals surface area (Å²) in [4.78, 5) is 40.7. The highest BCUT2D eigenvalue weighted by Crippen LogP contribution is 2.47. The lowest BCUT2D eigenvalue weighted by Crippen LogP contribution is -2.55. The summed E-state index contributed by atoms with van der Waals surface area (Å²) in [5.74, 6) is -1.31. The van der Waals surface area contributed by atoms with Crippen molar-refractivity contribution in [1.82, 2.24) is 14.7 Å². The molecule has 7 nitrogen and oxygen atoms in total. The molecule has 1 aliphatic heterocycles. The van der Waals surface area contributed by atoms with Gasteiger partial charge in [-0.1, -0.05) is 0 Å². The zero-order valence-electron chi connectivity index (χ0n) is 12.7. The highest BCUT2D eigenvalue weighted by molar-refractivity contribution is 6.04. The summed E-state index contributed by atoms with van der Waals surface area (Å²) in [5, 5.41) is 9.16. The number of nitrogens with zero attached hydrogens (tertiary/aromatic N) is 3. The summed E-state index contributed by atoms with van der Waals surface area (Å²) in [6.45, 7) is 6.97. The van der Waals surface area contributed by atoms with E-state index in [9.17, 15) is 14.4 Å². The van der Waals surface area contributed by atoms with Crippen LogP contribution < -0.4 is 0 Å². The molecule has 0 spiro atoms. The van der Waals surface area contributed by atoms with E-state index in [2.05, 4.69) is 0 Å². The standard InChI is InChI=1S/C14H23N3O4/c1-3-15(4-2)13(21)17-9-7-16(8-10-17)11(18)14(5-6-14)12(19)20/h3-10H2,1-2H3,(H,19,20). The number of carboxylic acid groups (broad SMARTS) is 1. The second kappa shape index (κ2) is 5.91. The second-order valence-electron chi connectivity index (χ2n) is 5.62. The zero-order chi connectivity index (χ0) is 15.6. The molecule has 2 rings (SSSR count). The van der Waals surface area contributed by atoms with Crippen molar-refractivity contribution < 1.29 is 19.5 Å². The Hall–Kier alpha value is -1.79. The molecule has 3 amide bonds. The molecule has 1 N–H and O–H groups in total. The lowest BCUT2D eigenvalue weighted by Gasteiger charge is -2.38. The molecule has 0 aromatic carbocycles. The Kier molecular flexibility index (Phi) is 4.39. The van der Waals surface area contributed by atoms with E-state index >= 15 is 0 Å². The van der Waals surface area contributed by atoms with Crippen LogP contribution in [-0.2, 0) is 9.59 Å². The fraction of sp³-hybridized carbons (Fsp3) is 0.786. The summed E-state index contributed by atoms with van der Waals surface area (Å²) >= 11 is 0. The quantitative estimate of drug-likeness (QED) is 0.764. The molecule has 2 aliphatic rings. The number of rotatable bonds is 4. The van der Waals surface area contributed by atoms with Crippen LogP contribution >= 0.6 is 0 Å². The van der Waals surface area contributed by atoms with Crippen molar-refractivity contribution in [3.05, 3.63) is 0 Å². The van der Waals surface area contributed by atoms with E-state index in [0.29, 0.717) is 52.1 Å². The van der Waals surface area contributed by atoms with E-state index < -0.39 is 11.4 Å². The molecular weight excluding hydrogens is 274 g/mol. The van der Waals surface area contributed by atoms with Crippen molar-refractivity contribution in [1.29, 1.82) is 0 Å². The third-order valence-corrected chi connectivity index (χ3v) is 4.44. The lowest BCUT2D eigenvalue weighted by atomic mass is 10.1. The first-order valence-electron chi connectivity index (χ1n) is 7.53. The summed E-state index contributed by atoms with van der Waals surface area (Å²) in [5.41, 5.74) is -1.18. The number of carbonyl (C=O) groups is 3. The molecule has 0 radical (unpaired) electrons. The minimum Gasteiger partial charge on any atom is -0.480 e. The van der Waals surface area contributed by atoms with Crippen LogP contribution in [0, 0.1) is 5.41 Å². The molecule has 2 fully saturated rings. The van der Waals surface area contributed by atoms with Crippen LogP contribution in [0.4, 0.5) is 4.79 Å². The topological polar surface area (TPSA) is 81.2 Å². The monoisotopic (exact) mass is 297 g/mol. The molecule has 1 heterocycles. The van der Waals surface area contributed by atoms with E-state index in [0.717, 1.165) is 0 Å². The van der Waals surface area contributed by atoms with Crippen LogP contribution in [0.25, 0.3) is 0 Å². The van der Waals surface area contributed by atoms with Crippen LogP contribution in [0.1, 0.15) is 26.7 Å². The van der Waals surface area contributed by atoms with Crippen LogP contribution in [0.15, 0.2) is 0 Å². The van der Waals surface area contributed by atoms with Crippen molar-refractivity contribution in [2.45, 2.75) is 26.7 Å². The highest BCUT2D eigenvalue weighted by Gasteiger charge is 2.58. The summed E-state index contributed by atoms with van der Waals surface area (Å²) < 4.78 is 0. The molecule has 7 heteroatoms. The van der Waals surface area contributed by atoms with Gasteiger partial charge in [-0.25, -0.2) is 4.79 Å². The molecule has 21 heavy (non-hydrogen) atoms. The van der Waals surface area contributed by atoms with Crippen LogP contribution in [-0.4, -0.2) is 77.0 Å². The fourth-order valence-corrected chi connectivity index (χ4v) is 2.74. The van der Waals surface area contributed by atoms with Gasteiger partial charge < -0.3 is 19.8 Å². The molecular formula is C14H23N3O4. The lowest BCUT2D eigenvalue weighted by molar-refractivity contribution is -0.154. The Morgan fingerprint density at radius 3 is 1.86 bits per heavy atom. The van der Waals surface area contributed by atoms with Gasteiger partial charge in [-0.15, -0.1) is 0 Å². The highest BCUT2D eigenvalue weighted by atomic mass is 16.4. The number of urea groups is 1. The van der Waals surface area contributed by atoms with Gasteiger partial charge >= 0.3 is 12.0 Å². The van der Waals surface area contributed by atoms with Gasteiger partial charge in [-0.3, -0.25) is 9.59 Å². The van der Waals surface area contributed by atoms with Gasteiger partial charge in [0, 0.05) is 39.3 Å². The first-order valence-corrected chi connectivity index (χ1v) is 7.53. The van der Waals surface area contributed by atoms with Crippen molar-refractivity contribution in [3.8, 4) is 0 Å². The minimum absolute atomic E-state index is 0.00790. The molecule has 118 valence electrons. The summed E-state index contributed by atoms with van der Waals surface area (Å²) in [7, 11) is 0. The van der Waals surface area contributed by atoms with E-state index in [1.165, 1.54) is 0 Å². The van der Waals surface area contributed by atoms with Crippen molar-refractivity contribution in [2.24, 2.45) is 5.41 Å². The Morgan fingerprint density at radius 1 is 1.00 bits per heavy atom. The predicted octanol–water partition coefficient (Wildman–Crippen LogP) is 0.457. The average Bonchev–Trinajstić information content (AvgIpc) is 3.29. The number of amides is 3. The first kappa shape index (κ1) is 15.6. The van der Waals surface area contributed by atoms with Gasteiger partial charge in [0.15, 0.2) is 0 Å². The summed E-state index contributed by atoms with van der Waals surface area (Å²) in [6.07, 6.45) is 0.861. The molecule has 0 aromatic heterocycles. The Bertz CT molecular complexity index is 436.